The predicted molar refractivity (Wildman–Crippen MR) is 131 cm³/mol. The molecule has 0 unspecified atom stereocenters. The van der Waals surface area contributed by atoms with E-state index in [1.165, 1.54) is 0 Å². The second-order valence-corrected chi connectivity index (χ2v) is 8.49. The highest BCUT2D eigenvalue weighted by atomic mass is 32.1. The molecule has 4 heterocycles. The third kappa shape index (κ3) is 3.32. The number of thiocarbonyl (C=S) groups is 1. The molecule has 0 saturated carbocycles. The fourth-order valence-electron chi connectivity index (χ4n) is 4.69. The lowest BCUT2D eigenvalue weighted by atomic mass is 10.0. The number of nitrogens with zero attached hydrogens (tertiary/aromatic N) is 3. The third-order valence-corrected chi connectivity index (χ3v) is 6.47. The zero-order valence-electron chi connectivity index (χ0n) is 18.0. The molecule has 2 atom stereocenters. The van der Waals surface area contributed by atoms with Crippen LogP contribution in [-0.2, 0) is 0 Å². The molecular weight excluding hydrogens is 432 g/mol. The highest BCUT2D eigenvalue weighted by molar-refractivity contribution is 7.80. The fourth-order valence-corrected chi connectivity index (χ4v) is 5.03. The number of aromatic nitrogens is 2. The summed E-state index contributed by atoms with van der Waals surface area (Å²) in [6, 6.07) is 26.4. The van der Waals surface area contributed by atoms with E-state index in [0.717, 1.165) is 40.0 Å². The smallest absolute Gasteiger partial charge is 0.231 e. The Kier molecular flexibility index (Phi) is 4.77. The molecule has 0 amide bonds. The van der Waals surface area contributed by atoms with Gasteiger partial charge in [0.05, 0.1) is 11.7 Å². The minimum absolute atomic E-state index is 0.123. The molecule has 7 heteroatoms. The highest BCUT2D eigenvalue weighted by Crippen LogP contribution is 2.45. The fraction of sp³-hybridized carbons (Fsp3) is 0.154. The second kappa shape index (κ2) is 7.94. The summed E-state index contributed by atoms with van der Waals surface area (Å²) in [5, 5.41) is 4.18. The van der Waals surface area contributed by atoms with Gasteiger partial charge in [-0.25, -0.2) is 0 Å². The topological polar surface area (TPSA) is 51.6 Å². The number of fused-ring (bicyclic) bond motifs is 1. The van der Waals surface area contributed by atoms with Gasteiger partial charge in [-0.1, -0.05) is 24.3 Å². The summed E-state index contributed by atoms with van der Waals surface area (Å²) in [5.41, 5.74) is 5.27. The van der Waals surface area contributed by atoms with Crippen LogP contribution >= 0.6 is 12.2 Å². The number of aryl methyl sites for hydroxylation is 1. The van der Waals surface area contributed by atoms with Crippen LogP contribution in [0.1, 0.15) is 29.2 Å². The van der Waals surface area contributed by atoms with Gasteiger partial charge in [0, 0.05) is 35.0 Å². The average Bonchev–Trinajstić information content (AvgIpc) is 3.56. The summed E-state index contributed by atoms with van der Waals surface area (Å²) >= 11 is 5.88. The maximum atomic E-state index is 5.88. The van der Waals surface area contributed by atoms with E-state index in [2.05, 4.69) is 63.1 Å². The summed E-state index contributed by atoms with van der Waals surface area (Å²) in [6.07, 6.45) is 1.82. The molecule has 1 fully saturated rings. The SMILES string of the molecule is Cc1ccc([C@@H]2[C@@H](c3ccccn3)NC(=S)N2c2ccc3c(c2)OCO3)n1-c1ccccc1. The van der Waals surface area contributed by atoms with Crippen molar-refractivity contribution in [3.05, 3.63) is 102 Å². The standard InChI is InChI=1S/C26H22N4O2S/c1-17-10-12-21(29(17)18-7-3-2-4-8-18)25-24(20-9-5-6-14-27-20)28-26(33)30(25)19-11-13-22-23(15-19)32-16-31-22/h2-15,24-25H,16H2,1H3,(H,28,33)/t24-,25-/m1/s1. The van der Waals surface area contributed by atoms with Crippen LogP contribution in [-0.4, -0.2) is 21.5 Å². The van der Waals surface area contributed by atoms with Crippen molar-refractivity contribution in [1.82, 2.24) is 14.9 Å². The van der Waals surface area contributed by atoms with Crippen LogP contribution in [0.25, 0.3) is 5.69 Å². The van der Waals surface area contributed by atoms with Crippen LogP contribution in [0.4, 0.5) is 5.69 Å². The van der Waals surface area contributed by atoms with Crippen molar-refractivity contribution in [2.45, 2.75) is 19.0 Å². The molecule has 2 aliphatic heterocycles. The van der Waals surface area contributed by atoms with E-state index >= 15 is 0 Å². The molecule has 33 heavy (non-hydrogen) atoms. The Labute approximate surface area is 197 Å². The minimum atomic E-state index is -0.124. The van der Waals surface area contributed by atoms with Crippen molar-refractivity contribution in [3.8, 4) is 17.2 Å². The Bertz CT molecular complexity index is 1320. The van der Waals surface area contributed by atoms with Gasteiger partial charge in [-0.15, -0.1) is 0 Å². The number of ether oxygens (including phenoxy) is 2. The largest absolute Gasteiger partial charge is 0.454 e. The lowest BCUT2D eigenvalue weighted by Gasteiger charge is -2.29. The van der Waals surface area contributed by atoms with Crippen molar-refractivity contribution in [1.29, 1.82) is 0 Å². The molecule has 1 saturated heterocycles. The molecule has 0 radical (unpaired) electrons. The van der Waals surface area contributed by atoms with Crippen LogP contribution in [0.3, 0.4) is 0 Å². The summed E-state index contributed by atoms with van der Waals surface area (Å²) < 4.78 is 13.5. The molecular formula is C26H22N4O2S. The van der Waals surface area contributed by atoms with Crippen LogP contribution < -0.4 is 19.7 Å². The normalized spacial score (nSPS) is 19.1. The highest BCUT2D eigenvalue weighted by Gasteiger charge is 2.42. The summed E-state index contributed by atoms with van der Waals surface area (Å²) in [7, 11) is 0. The molecule has 0 spiro atoms. The molecule has 6 rings (SSSR count). The predicted octanol–water partition coefficient (Wildman–Crippen LogP) is 5.09. The minimum Gasteiger partial charge on any atom is -0.454 e. The van der Waals surface area contributed by atoms with Gasteiger partial charge in [0.1, 0.15) is 6.04 Å². The van der Waals surface area contributed by atoms with Crippen LogP contribution in [0.5, 0.6) is 11.5 Å². The Morgan fingerprint density at radius 1 is 0.909 bits per heavy atom. The van der Waals surface area contributed by atoms with Gasteiger partial charge in [0.2, 0.25) is 6.79 Å². The van der Waals surface area contributed by atoms with Crippen molar-refractivity contribution in [3.63, 3.8) is 0 Å². The molecule has 2 aromatic heterocycles. The number of hydrogen-bond donors (Lipinski definition) is 1. The number of rotatable bonds is 4. The van der Waals surface area contributed by atoms with Crippen LogP contribution in [0, 0.1) is 6.92 Å². The number of pyridine rings is 1. The van der Waals surface area contributed by atoms with E-state index in [4.69, 9.17) is 21.7 Å². The first-order chi connectivity index (χ1) is 16.2. The van der Waals surface area contributed by atoms with Gasteiger partial charge in [0.15, 0.2) is 16.6 Å². The lowest BCUT2D eigenvalue weighted by Crippen LogP contribution is -2.30. The van der Waals surface area contributed by atoms with Crippen molar-refractivity contribution in [2.75, 3.05) is 11.7 Å². The van der Waals surface area contributed by atoms with Gasteiger partial charge >= 0.3 is 0 Å². The molecule has 6 nitrogen and oxygen atoms in total. The van der Waals surface area contributed by atoms with E-state index in [9.17, 15) is 0 Å². The Morgan fingerprint density at radius 2 is 1.73 bits per heavy atom. The molecule has 2 aromatic carbocycles. The first-order valence-corrected chi connectivity index (χ1v) is 11.3. The third-order valence-electron chi connectivity index (χ3n) is 6.16. The first kappa shape index (κ1) is 19.8. The van der Waals surface area contributed by atoms with Crippen molar-refractivity contribution < 1.29 is 9.47 Å². The van der Waals surface area contributed by atoms with Crippen LogP contribution in [0.2, 0.25) is 0 Å². The van der Waals surface area contributed by atoms with Crippen LogP contribution in [0.15, 0.2) is 85.1 Å². The number of nitrogens with one attached hydrogen (secondary N) is 1. The quantitative estimate of drug-likeness (QED) is 0.434. The number of anilines is 1. The average molecular weight is 455 g/mol. The number of hydrogen-bond acceptors (Lipinski definition) is 4. The van der Waals surface area contributed by atoms with Crippen molar-refractivity contribution in [2.24, 2.45) is 0 Å². The maximum absolute atomic E-state index is 5.88. The Morgan fingerprint density at radius 3 is 2.55 bits per heavy atom. The zero-order valence-corrected chi connectivity index (χ0v) is 18.8. The molecule has 164 valence electrons. The Balaban J connectivity index is 1.53. The maximum Gasteiger partial charge on any atom is 0.231 e. The van der Waals surface area contributed by atoms with E-state index in [0.29, 0.717) is 5.11 Å². The molecule has 4 aromatic rings. The van der Waals surface area contributed by atoms with Gasteiger partial charge in [-0.05, 0) is 67.7 Å². The molecule has 2 aliphatic rings. The lowest BCUT2D eigenvalue weighted by molar-refractivity contribution is 0.174. The zero-order chi connectivity index (χ0) is 22.4. The van der Waals surface area contributed by atoms with Crippen molar-refractivity contribution >= 4 is 23.0 Å². The van der Waals surface area contributed by atoms with E-state index in [1.807, 2.05) is 48.7 Å². The molecule has 1 N–H and O–H groups in total. The van der Waals surface area contributed by atoms with E-state index in [-0.39, 0.29) is 18.9 Å². The summed E-state index contributed by atoms with van der Waals surface area (Å²) in [5.74, 6) is 1.48. The van der Waals surface area contributed by atoms with Gasteiger partial charge in [-0.2, -0.15) is 0 Å². The first-order valence-electron chi connectivity index (χ1n) is 10.8. The number of benzene rings is 2. The summed E-state index contributed by atoms with van der Waals surface area (Å²) in [4.78, 5) is 6.82. The van der Waals surface area contributed by atoms with Gasteiger partial charge < -0.3 is 24.3 Å². The summed E-state index contributed by atoms with van der Waals surface area (Å²) in [6.45, 7) is 2.36. The Hall–Kier alpha value is -3.84. The van der Waals surface area contributed by atoms with Gasteiger partial charge in [0.25, 0.3) is 0 Å². The second-order valence-electron chi connectivity index (χ2n) is 8.10. The monoisotopic (exact) mass is 454 g/mol. The van der Waals surface area contributed by atoms with Gasteiger partial charge in [-0.3, -0.25) is 4.98 Å². The molecule has 0 bridgehead atoms. The molecule has 0 aliphatic carbocycles. The van der Waals surface area contributed by atoms with E-state index < -0.39 is 0 Å². The van der Waals surface area contributed by atoms with E-state index in [1.54, 1.807) is 0 Å². The number of para-hydroxylation sites is 1.